The van der Waals surface area contributed by atoms with Crippen LogP contribution in [0.25, 0.3) is 86.9 Å². The average molecular weight is 713 g/mol. The van der Waals surface area contributed by atoms with Gasteiger partial charge in [-0.2, -0.15) is 0 Å². The van der Waals surface area contributed by atoms with Gasteiger partial charge in [0.1, 0.15) is 0 Å². The Morgan fingerprint density at radius 3 is 1.47 bits per heavy atom. The van der Waals surface area contributed by atoms with Crippen LogP contribution in [0.2, 0.25) is 0 Å². The van der Waals surface area contributed by atoms with E-state index >= 15 is 0 Å². The van der Waals surface area contributed by atoms with Crippen molar-refractivity contribution in [2.75, 3.05) is 4.90 Å². The lowest BCUT2D eigenvalue weighted by atomic mass is 9.32. The molecule has 0 spiro atoms. The maximum atomic E-state index is 2.73. The Morgan fingerprint density at radius 1 is 0.281 bits per heavy atom. The molecule has 1 nitrogen and oxygen atoms in total. The summed E-state index contributed by atoms with van der Waals surface area (Å²) < 4.78 is 0. The minimum Gasteiger partial charge on any atom is -0.312 e. The third-order valence-corrected chi connectivity index (χ3v) is 14.2. The van der Waals surface area contributed by atoms with E-state index in [1.807, 2.05) is 0 Å². The first kappa shape index (κ1) is 29.2. The summed E-state index contributed by atoms with van der Waals surface area (Å²) >= 11 is 0. The monoisotopic (exact) mass is 713 g/mol. The van der Waals surface area contributed by atoms with Gasteiger partial charge in [0, 0.05) is 16.8 Å². The van der Waals surface area contributed by atoms with Crippen molar-refractivity contribution in [2.24, 2.45) is 0 Å². The van der Waals surface area contributed by atoms with Crippen LogP contribution in [0, 0.1) is 0 Å². The predicted molar refractivity (Wildman–Crippen MR) is 246 cm³/mol. The van der Waals surface area contributed by atoms with E-state index in [-0.39, 0.29) is 13.4 Å². The summed E-state index contributed by atoms with van der Waals surface area (Å²) in [4.78, 5) is 2.73. The summed E-state index contributed by atoms with van der Waals surface area (Å²) in [5, 5.41) is 16.0. The maximum absolute atomic E-state index is 2.73. The largest absolute Gasteiger partial charge is 0.312 e. The van der Waals surface area contributed by atoms with Crippen molar-refractivity contribution < 1.29 is 0 Å². The highest BCUT2D eigenvalue weighted by Gasteiger charge is 2.50. The van der Waals surface area contributed by atoms with Gasteiger partial charge in [-0.05, 0) is 115 Å². The third kappa shape index (κ3) is 3.29. The summed E-state index contributed by atoms with van der Waals surface area (Å²) in [5.41, 5.74) is 18.1. The van der Waals surface area contributed by atoms with E-state index in [9.17, 15) is 0 Å². The van der Waals surface area contributed by atoms with Gasteiger partial charge in [0.2, 0.25) is 13.4 Å². The van der Waals surface area contributed by atoms with E-state index in [1.54, 1.807) is 0 Å². The van der Waals surface area contributed by atoms with Crippen molar-refractivity contribution >= 4 is 128 Å². The molecule has 0 fully saturated rings. The average Bonchev–Trinajstić information content (AvgIpc) is 3.80. The second kappa shape index (κ2) is 10.0. The summed E-state index contributed by atoms with van der Waals surface area (Å²) in [6, 6.07) is 67.3. The lowest BCUT2D eigenvalue weighted by molar-refractivity contribution is 1.32. The van der Waals surface area contributed by atoms with Crippen LogP contribution in [0.15, 0.2) is 176 Å². The van der Waals surface area contributed by atoms with Crippen LogP contribution in [-0.2, 0) is 0 Å². The predicted octanol–water partition coefficient (Wildman–Crippen LogP) is 9.70. The molecule has 11 aromatic rings. The first-order valence-electron chi connectivity index (χ1n) is 20.3. The number of hydrogen-bond donors (Lipinski definition) is 0. The number of rotatable bonds is 0. The van der Waals surface area contributed by atoms with E-state index < -0.39 is 0 Å². The van der Waals surface area contributed by atoms with Gasteiger partial charge in [-0.15, -0.1) is 0 Å². The van der Waals surface area contributed by atoms with Crippen LogP contribution >= 0.6 is 0 Å². The Labute approximate surface area is 329 Å². The standard InChI is InChI=1S/C54H29B2N/c1-3-17-34-30(13-1)32-15-5-7-20-37(32)48-39(34)27-28-41-43-29-42-35-18-4-2-14-31(35)33-16-6-8-21-38(33)49(42)54-52(43)56(51(41)48)46-25-12-24-45-53(46)57(54)47-26-11-22-40-36-19-9-10-23-44(36)55(45)50(40)47/h1-29H. The Hall–Kier alpha value is -7.09. The molecule has 4 heterocycles. The van der Waals surface area contributed by atoms with E-state index in [2.05, 4.69) is 181 Å². The molecule has 0 radical (unpaired) electrons. The van der Waals surface area contributed by atoms with Crippen LogP contribution in [0.1, 0.15) is 0 Å². The molecule has 3 heteroatoms. The summed E-state index contributed by atoms with van der Waals surface area (Å²) in [6.07, 6.45) is 0. The second-order valence-corrected chi connectivity index (χ2v) is 16.6. The van der Waals surface area contributed by atoms with E-state index in [0.29, 0.717) is 0 Å². The molecule has 4 aliphatic rings. The molecule has 0 saturated carbocycles. The van der Waals surface area contributed by atoms with Crippen LogP contribution < -0.4 is 37.7 Å². The molecule has 0 bridgehead atoms. The Balaban J connectivity index is 1.20. The number of anilines is 3. The van der Waals surface area contributed by atoms with Gasteiger partial charge in [0.15, 0.2) is 0 Å². The molecular formula is C54H29B2N. The fourth-order valence-electron chi connectivity index (χ4n) is 12.2. The van der Waals surface area contributed by atoms with E-state index in [0.717, 1.165) is 0 Å². The van der Waals surface area contributed by atoms with Crippen molar-refractivity contribution in [3.8, 4) is 22.3 Å². The highest BCUT2D eigenvalue weighted by atomic mass is 15.2. The fraction of sp³-hybridized carbons (Fsp3) is 0. The van der Waals surface area contributed by atoms with Gasteiger partial charge >= 0.3 is 0 Å². The summed E-state index contributed by atoms with van der Waals surface area (Å²) in [6.45, 7) is 0.255. The Kier molecular flexibility index (Phi) is 5.13. The van der Waals surface area contributed by atoms with Crippen molar-refractivity contribution in [3.63, 3.8) is 0 Å². The quantitative estimate of drug-likeness (QED) is 0.112. The molecule has 11 aromatic carbocycles. The van der Waals surface area contributed by atoms with Crippen LogP contribution in [0.5, 0.6) is 0 Å². The molecule has 4 aliphatic heterocycles. The number of benzene rings is 11. The molecule has 0 aromatic heterocycles. The van der Waals surface area contributed by atoms with Gasteiger partial charge in [0.05, 0.1) is 5.69 Å². The minimum atomic E-state index is 0.0699. The van der Waals surface area contributed by atoms with Crippen molar-refractivity contribution in [1.82, 2.24) is 0 Å². The van der Waals surface area contributed by atoms with E-state index in [1.165, 1.54) is 137 Å². The minimum absolute atomic E-state index is 0.0699. The topological polar surface area (TPSA) is 3.24 Å². The van der Waals surface area contributed by atoms with Gasteiger partial charge in [-0.1, -0.05) is 175 Å². The molecule has 15 rings (SSSR count). The first-order valence-corrected chi connectivity index (χ1v) is 20.3. The SMILES string of the molecule is c1ccc2c(c1)B1c3cccc4c3N(c3cccc-2c31)c1c2c(cc3c5ccccc5c5ccccc5c13)-c1ccc3c5ccccc5c5ccccc5c3c1B42. The summed E-state index contributed by atoms with van der Waals surface area (Å²) in [7, 11) is 0. The Bertz CT molecular complexity index is 3700. The van der Waals surface area contributed by atoms with Crippen molar-refractivity contribution in [3.05, 3.63) is 176 Å². The Morgan fingerprint density at radius 2 is 0.772 bits per heavy atom. The summed E-state index contributed by atoms with van der Waals surface area (Å²) in [5.74, 6) is 0. The molecular weight excluding hydrogens is 684 g/mol. The third-order valence-electron chi connectivity index (χ3n) is 14.2. The van der Waals surface area contributed by atoms with Crippen molar-refractivity contribution in [1.29, 1.82) is 0 Å². The molecule has 57 heavy (non-hydrogen) atoms. The molecule has 0 aliphatic carbocycles. The number of para-hydroxylation sites is 1. The molecule has 0 atom stereocenters. The molecule has 0 unspecified atom stereocenters. The van der Waals surface area contributed by atoms with Crippen molar-refractivity contribution in [2.45, 2.75) is 0 Å². The van der Waals surface area contributed by atoms with Gasteiger partial charge < -0.3 is 4.90 Å². The second-order valence-electron chi connectivity index (χ2n) is 16.6. The first-order chi connectivity index (χ1) is 28.3. The highest BCUT2D eigenvalue weighted by molar-refractivity contribution is 7.06. The molecule has 0 amide bonds. The van der Waals surface area contributed by atoms with Gasteiger partial charge in [0.25, 0.3) is 0 Å². The lowest BCUT2D eigenvalue weighted by Crippen LogP contribution is -2.63. The van der Waals surface area contributed by atoms with Crippen LogP contribution in [0.4, 0.5) is 17.1 Å². The number of nitrogens with zero attached hydrogens (tertiary/aromatic N) is 1. The lowest BCUT2D eigenvalue weighted by Gasteiger charge is -2.43. The zero-order valence-electron chi connectivity index (χ0n) is 30.8. The maximum Gasteiger partial charge on any atom is 0.249 e. The highest BCUT2D eigenvalue weighted by Crippen LogP contribution is 2.51. The van der Waals surface area contributed by atoms with Crippen LogP contribution in [-0.4, -0.2) is 13.4 Å². The zero-order chi connectivity index (χ0) is 36.7. The van der Waals surface area contributed by atoms with Gasteiger partial charge in [-0.3, -0.25) is 0 Å². The molecule has 0 saturated heterocycles. The smallest absolute Gasteiger partial charge is 0.249 e. The normalized spacial score (nSPS) is 13.9. The van der Waals surface area contributed by atoms with Crippen LogP contribution in [0.3, 0.4) is 0 Å². The van der Waals surface area contributed by atoms with Gasteiger partial charge in [-0.25, -0.2) is 0 Å². The zero-order valence-corrected chi connectivity index (χ0v) is 30.8. The number of hydrogen-bond acceptors (Lipinski definition) is 1. The molecule has 0 N–H and O–H groups in total. The fourth-order valence-corrected chi connectivity index (χ4v) is 12.2. The number of fused-ring (bicyclic) bond motifs is 24. The van der Waals surface area contributed by atoms with E-state index in [4.69, 9.17) is 0 Å². The molecule has 256 valence electrons.